The molecular formula is C12H19N3. The van der Waals surface area contributed by atoms with Crippen molar-refractivity contribution in [3.05, 3.63) is 29.6 Å². The lowest BCUT2D eigenvalue weighted by molar-refractivity contribution is 0.808. The first kappa shape index (κ1) is 11.7. The van der Waals surface area contributed by atoms with E-state index in [9.17, 15) is 0 Å². The van der Waals surface area contributed by atoms with E-state index in [2.05, 4.69) is 18.8 Å². The van der Waals surface area contributed by atoms with Gasteiger partial charge >= 0.3 is 0 Å². The van der Waals surface area contributed by atoms with Gasteiger partial charge in [0.05, 0.1) is 11.4 Å². The maximum atomic E-state index is 5.84. The first-order chi connectivity index (χ1) is 7.07. The van der Waals surface area contributed by atoms with Gasteiger partial charge in [0.1, 0.15) is 0 Å². The zero-order valence-electron chi connectivity index (χ0n) is 9.86. The lowest BCUT2D eigenvalue weighted by Gasteiger charge is -2.20. The molecule has 1 aromatic heterocycles. The van der Waals surface area contributed by atoms with Gasteiger partial charge in [-0.05, 0) is 18.9 Å². The van der Waals surface area contributed by atoms with Crippen molar-refractivity contribution in [2.45, 2.75) is 26.7 Å². The van der Waals surface area contributed by atoms with E-state index in [1.807, 2.05) is 38.4 Å². The first-order valence-corrected chi connectivity index (χ1v) is 5.18. The second-order valence-electron chi connectivity index (χ2n) is 3.90. The van der Waals surface area contributed by atoms with Crippen molar-refractivity contribution >= 4 is 11.8 Å². The van der Waals surface area contributed by atoms with Crippen LogP contribution in [-0.2, 0) is 0 Å². The molecule has 15 heavy (non-hydrogen) atoms. The third-order valence-electron chi connectivity index (χ3n) is 2.23. The molecule has 0 saturated carbocycles. The number of pyridine rings is 1. The summed E-state index contributed by atoms with van der Waals surface area (Å²) in [5, 5.41) is 1.64. The fourth-order valence-electron chi connectivity index (χ4n) is 1.61. The summed E-state index contributed by atoms with van der Waals surface area (Å²) in [6, 6.07) is 1.98. The highest BCUT2D eigenvalue weighted by atomic mass is 15.4. The fourth-order valence-corrected chi connectivity index (χ4v) is 1.61. The number of anilines is 1. The molecule has 0 amide bonds. The van der Waals surface area contributed by atoms with Crippen molar-refractivity contribution < 1.29 is 0 Å². The molecule has 0 spiro atoms. The maximum absolute atomic E-state index is 5.84. The van der Waals surface area contributed by atoms with Gasteiger partial charge < -0.3 is 5.01 Å². The molecule has 1 aromatic rings. The van der Waals surface area contributed by atoms with Crippen molar-refractivity contribution in [2.24, 2.45) is 5.84 Å². The highest BCUT2D eigenvalue weighted by Crippen LogP contribution is 2.27. The molecule has 3 nitrogen and oxygen atoms in total. The molecule has 0 aliphatic heterocycles. The van der Waals surface area contributed by atoms with Gasteiger partial charge in [-0.1, -0.05) is 26.0 Å². The van der Waals surface area contributed by atoms with Crippen LogP contribution in [0.25, 0.3) is 6.08 Å². The Hall–Kier alpha value is -1.35. The van der Waals surface area contributed by atoms with Crippen molar-refractivity contribution in [1.82, 2.24) is 4.98 Å². The van der Waals surface area contributed by atoms with Gasteiger partial charge in [0, 0.05) is 18.8 Å². The summed E-state index contributed by atoms with van der Waals surface area (Å²) in [7, 11) is 1.84. The highest BCUT2D eigenvalue weighted by molar-refractivity contribution is 5.69. The molecule has 0 bridgehead atoms. The smallest absolute Gasteiger partial charge is 0.0804 e. The first-order valence-electron chi connectivity index (χ1n) is 5.18. The van der Waals surface area contributed by atoms with Crippen LogP contribution in [0.1, 0.15) is 37.9 Å². The zero-order chi connectivity index (χ0) is 11.4. The molecule has 0 atom stereocenters. The van der Waals surface area contributed by atoms with E-state index in [-0.39, 0.29) is 0 Å². The number of aromatic nitrogens is 1. The summed E-state index contributed by atoms with van der Waals surface area (Å²) in [5.74, 6) is 6.21. The number of nitrogens with two attached hydrogens (primary N) is 1. The highest BCUT2D eigenvalue weighted by Gasteiger charge is 2.13. The zero-order valence-corrected chi connectivity index (χ0v) is 9.86. The van der Waals surface area contributed by atoms with Gasteiger partial charge in [-0.2, -0.15) is 0 Å². The third-order valence-corrected chi connectivity index (χ3v) is 2.23. The second-order valence-corrected chi connectivity index (χ2v) is 3.90. The van der Waals surface area contributed by atoms with E-state index in [1.54, 1.807) is 5.01 Å². The Morgan fingerprint density at radius 1 is 1.47 bits per heavy atom. The van der Waals surface area contributed by atoms with Gasteiger partial charge in [-0.25, -0.2) is 5.84 Å². The minimum Gasteiger partial charge on any atom is -0.312 e. The van der Waals surface area contributed by atoms with Crippen LogP contribution in [0.15, 0.2) is 18.3 Å². The Bertz CT molecular complexity index is 354. The molecule has 0 unspecified atom stereocenters. The Morgan fingerprint density at radius 3 is 2.60 bits per heavy atom. The Kier molecular flexibility index (Phi) is 3.86. The Morgan fingerprint density at radius 2 is 2.13 bits per heavy atom. The van der Waals surface area contributed by atoms with Crippen molar-refractivity contribution in [2.75, 3.05) is 12.1 Å². The second kappa shape index (κ2) is 4.94. The quantitative estimate of drug-likeness (QED) is 0.609. The minimum absolute atomic E-state index is 0.371. The molecule has 1 rings (SSSR count). The van der Waals surface area contributed by atoms with Gasteiger partial charge in [-0.15, -0.1) is 0 Å². The van der Waals surface area contributed by atoms with Crippen LogP contribution < -0.4 is 10.9 Å². The molecule has 2 N–H and O–H groups in total. The molecular weight excluding hydrogens is 186 g/mol. The number of hydrogen-bond donors (Lipinski definition) is 1. The number of allylic oxidation sites excluding steroid dienone is 1. The van der Waals surface area contributed by atoms with E-state index in [0.717, 1.165) is 16.9 Å². The average molecular weight is 205 g/mol. The fraction of sp³-hybridized carbons (Fsp3) is 0.417. The van der Waals surface area contributed by atoms with E-state index in [4.69, 9.17) is 5.84 Å². The predicted molar refractivity (Wildman–Crippen MR) is 65.6 cm³/mol. The summed E-state index contributed by atoms with van der Waals surface area (Å²) in [6.45, 7) is 6.24. The van der Waals surface area contributed by atoms with Gasteiger partial charge in [-0.3, -0.25) is 4.98 Å². The average Bonchev–Trinajstić information content (AvgIpc) is 2.17. The van der Waals surface area contributed by atoms with Crippen LogP contribution in [0.4, 0.5) is 5.69 Å². The van der Waals surface area contributed by atoms with Crippen molar-refractivity contribution in [3.8, 4) is 0 Å². The molecule has 82 valence electrons. The van der Waals surface area contributed by atoms with E-state index in [1.165, 1.54) is 0 Å². The SMILES string of the molecule is C/C=C\c1ccnc(C(C)C)c1N(C)N. The van der Waals surface area contributed by atoms with Crippen LogP contribution in [0.2, 0.25) is 0 Å². The summed E-state index contributed by atoms with van der Waals surface area (Å²) >= 11 is 0. The van der Waals surface area contributed by atoms with Gasteiger partial charge in [0.25, 0.3) is 0 Å². The normalized spacial score (nSPS) is 11.3. The lowest BCUT2D eigenvalue weighted by atomic mass is 10.0. The lowest BCUT2D eigenvalue weighted by Crippen LogP contribution is -2.27. The van der Waals surface area contributed by atoms with Crippen LogP contribution in [0.5, 0.6) is 0 Å². The van der Waals surface area contributed by atoms with E-state index in [0.29, 0.717) is 5.92 Å². The van der Waals surface area contributed by atoms with Crippen LogP contribution in [0.3, 0.4) is 0 Å². The molecule has 1 heterocycles. The largest absolute Gasteiger partial charge is 0.312 e. The predicted octanol–water partition coefficient (Wildman–Crippen LogP) is 2.55. The topological polar surface area (TPSA) is 42.2 Å². The summed E-state index contributed by atoms with van der Waals surface area (Å²) < 4.78 is 0. The van der Waals surface area contributed by atoms with Crippen LogP contribution in [0, 0.1) is 0 Å². The Balaban J connectivity index is 3.34. The van der Waals surface area contributed by atoms with E-state index >= 15 is 0 Å². The third kappa shape index (κ3) is 2.57. The van der Waals surface area contributed by atoms with Gasteiger partial charge in [0.2, 0.25) is 0 Å². The number of hydrazine groups is 1. The van der Waals surface area contributed by atoms with E-state index < -0.39 is 0 Å². The molecule has 0 aliphatic rings. The summed E-state index contributed by atoms with van der Waals surface area (Å²) in [5.41, 5.74) is 3.16. The molecule has 0 radical (unpaired) electrons. The summed E-state index contributed by atoms with van der Waals surface area (Å²) in [6.07, 6.45) is 5.89. The maximum Gasteiger partial charge on any atom is 0.0804 e. The number of rotatable bonds is 3. The van der Waals surface area contributed by atoms with Crippen molar-refractivity contribution in [1.29, 1.82) is 0 Å². The number of hydrogen-bond acceptors (Lipinski definition) is 3. The molecule has 0 saturated heterocycles. The van der Waals surface area contributed by atoms with Crippen molar-refractivity contribution in [3.63, 3.8) is 0 Å². The molecule has 0 aliphatic carbocycles. The molecule has 0 aromatic carbocycles. The molecule has 3 heteroatoms. The molecule has 0 fully saturated rings. The monoisotopic (exact) mass is 205 g/mol. The standard InChI is InChI=1S/C12H19N3/c1-5-6-10-7-8-14-11(9(2)3)12(10)15(4)13/h5-9H,13H2,1-4H3/b6-5-. The summed E-state index contributed by atoms with van der Waals surface area (Å²) in [4.78, 5) is 4.39. The minimum atomic E-state index is 0.371. The number of nitrogens with zero attached hydrogens (tertiary/aromatic N) is 2. The van der Waals surface area contributed by atoms with Crippen LogP contribution >= 0.6 is 0 Å². The van der Waals surface area contributed by atoms with Gasteiger partial charge in [0.15, 0.2) is 0 Å². The Labute approximate surface area is 91.6 Å². The van der Waals surface area contributed by atoms with Crippen LogP contribution in [-0.4, -0.2) is 12.0 Å².